The summed E-state index contributed by atoms with van der Waals surface area (Å²) in [6.45, 7) is 6.26. The fourth-order valence-electron chi connectivity index (χ4n) is 4.23. The molecular weight excluding hydrogens is 386 g/mol. The van der Waals surface area contributed by atoms with Crippen LogP contribution in [0, 0.1) is 6.92 Å². The summed E-state index contributed by atoms with van der Waals surface area (Å²) >= 11 is 0. The molecule has 1 aliphatic rings. The number of benzene rings is 1. The summed E-state index contributed by atoms with van der Waals surface area (Å²) < 4.78 is 1.90. The molecular formula is C24H29N7. The van der Waals surface area contributed by atoms with Gasteiger partial charge >= 0.3 is 0 Å². The molecule has 0 bridgehead atoms. The first-order valence-electron chi connectivity index (χ1n) is 10.8. The van der Waals surface area contributed by atoms with Crippen LogP contribution in [0.25, 0.3) is 27.7 Å². The van der Waals surface area contributed by atoms with Crippen LogP contribution in [0.2, 0.25) is 0 Å². The summed E-state index contributed by atoms with van der Waals surface area (Å²) in [6, 6.07) is 11.0. The van der Waals surface area contributed by atoms with Crippen LogP contribution in [0.4, 0.5) is 5.69 Å². The third-order valence-corrected chi connectivity index (χ3v) is 6.23. The van der Waals surface area contributed by atoms with Crippen LogP contribution in [0.15, 0.2) is 48.9 Å². The largest absolute Gasteiger partial charge is 0.366 e. The lowest BCUT2D eigenvalue weighted by Crippen LogP contribution is -2.59. The number of para-hydroxylation sites is 1. The Labute approximate surface area is 182 Å². The molecule has 5 rings (SSSR count). The fraction of sp³-hybridized carbons (Fsp3) is 0.375. The maximum Gasteiger partial charge on any atom is 0.162 e. The zero-order valence-corrected chi connectivity index (χ0v) is 18.7. The summed E-state index contributed by atoms with van der Waals surface area (Å²) in [5.41, 5.74) is 6.16. The van der Waals surface area contributed by atoms with Gasteiger partial charge < -0.3 is 9.80 Å². The van der Waals surface area contributed by atoms with Gasteiger partial charge in [0.2, 0.25) is 0 Å². The van der Waals surface area contributed by atoms with Crippen molar-refractivity contribution in [3.8, 4) is 11.1 Å². The minimum absolute atomic E-state index is 0.593. The van der Waals surface area contributed by atoms with Gasteiger partial charge in [0, 0.05) is 48.9 Å². The predicted molar refractivity (Wildman–Crippen MR) is 126 cm³/mol. The first kappa shape index (κ1) is 19.9. The van der Waals surface area contributed by atoms with E-state index in [4.69, 9.17) is 4.98 Å². The van der Waals surface area contributed by atoms with E-state index in [0.717, 1.165) is 65.2 Å². The second kappa shape index (κ2) is 7.90. The smallest absolute Gasteiger partial charge is 0.162 e. The van der Waals surface area contributed by atoms with E-state index in [1.807, 2.05) is 29.9 Å². The zero-order chi connectivity index (χ0) is 21.5. The van der Waals surface area contributed by atoms with Crippen molar-refractivity contribution in [2.24, 2.45) is 0 Å². The van der Waals surface area contributed by atoms with E-state index >= 15 is 0 Å². The molecule has 160 valence electrons. The van der Waals surface area contributed by atoms with Gasteiger partial charge in [0.05, 0.1) is 29.8 Å². The molecule has 4 aromatic rings. The van der Waals surface area contributed by atoms with Gasteiger partial charge in [-0.15, -0.1) is 0 Å². The van der Waals surface area contributed by atoms with Gasteiger partial charge in [-0.1, -0.05) is 18.2 Å². The second-order valence-corrected chi connectivity index (χ2v) is 8.81. The quantitative estimate of drug-likeness (QED) is 0.483. The van der Waals surface area contributed by atoms with Crippen LogP contribution in [0.3, 0.4) is 0 Å². The number of hydrogen-bond acceptors (Lipinski definition) is 6. The van der Waals surface area contributed by atoms with Gasteiger partial charge in [-0.2, -0.15) is 5.10 Å². The molecule has 0 saturated carbocycles. The SMILES string of the molecule is Cc1cc(-c2cnn3cc(N4CC(N(C)CCN(C)C)C4)cnc23)c2ccccc2n1. The molecule has 0 radical (unpaired) electrons. The number of hydrogen-bond donors (Lipinski definition) is 0. The normalized spacial score (nSPS) is 14.8. The topological polar surface area (TPSA) is 52.8 Å². The predicted octanol–water partition coefficient (Wildman–Crippen LogP) is 2.93. The van der Waals surface area contributed by atoms with Crippen molar-refractivity contribution < 1.29 is 0 Å². The second-order valence-electron chi connectivity index (χ2n) is 8.81. The molecule has 1 aliphatic heterocycles. The minimum atomic E-state index is 0.593. The molecule has 4 heterocycles. The number of aromatic nitrogens is 4. The van der Waals surface area contributed by atoms with E-state index in [9.17, 15) is 0 Å². The van der Waals surface area contributed by atoms with Gasteiger partial charge in [0.1, 0.15) is 0 Å². The van der Waals surface area contributed by atoms with Crippen LogP contribution in [-0.2, 0) is 0 Å². The summed E-state index contributed by atoms with van der Waals surface area (Å²) in [5.74, 6) is 0. The molecule has 0 atom stereocenters. The third kappa shape index (κ3) is 3.75. The number of nitrogens with zero attached hydrogens (tertiary/aromatic N) is 7. The Kier molecular flexibility index (Phi) is 5.08. The maximum atomic E-state index is 4.80. The Morgan fingerprint density at radius 2 is 1.84 bits per heavy atom. The molecule has 3 aromatic heterocycles. The van der Waals surface area contributed by atoms with E-state index < -0.39 is 0 Å². The monoisotopic (exact) mass is 415 g/mol. The van der Waals surface area contributed by atoms with Gasteiger partial charge in [-0.25, -0.2) is 9.50 Å². The maximum absolute atomic E-state index is 4.80. The molecule has 0 aliphatic carbocycles. The van der Waals surface area contributed by atoms with Crippen LogP contribution < -0.4 is 4.90 Å². The van der Waals surface area contributed by atoms with Crippen molar-refractivity contribution in [1.82, 2.24) is 29.4 Å². The number of pyridine rings is 1. The fourth-order valence-corrected chi connectivity index (χ4v) is 4.23. The highest BCUT2D eigenvalue weighted by molar-refractivity contribution is 5.98. The number of rotatable bonds is 6. The van der Waals surface area contributed by atoms with Crippen molar-refractivity contribution >= 4 is 22.2 Å². The number of aryl methyl sites for hydroxylation is 1. The van der Waals surface area contributed by atoms with Gasteiger partial charge in [-0.3, -0.25) is 9.88 Å². The van der Waals surface area contributed by atoms with E-state index in [2.05, 4.69) is 76.4 Å². The van der Waals surface area contributed by atoms with Gasteiger partial charge in [-0.05, 0) is 45.8 Å². The third-order valence-electron chi connectivity index (χ3n) is 6.23. The lowest BCUT2D eigenvalue weighted by molar-refractivity contribution is 0.187. The van der Waals surface area contributed by atoms with E-state index in [-0.39, 0.29) is 0 Å². The van der Waals surface area contributed by atoms with Crippen LogP contribution in [0.5, 0.6) is 0 Å². The molecule has 1 fully saturated rings. The summed E-state index contributed by atoms with van der Waals surface area (Å²) in [6.07, 6.45) is 5.99. The zero-order valence-electron chi connectivity index (χ0n) is 18.7. The average molecular weight is 416 g/mol. The Hall–Kier alpha value is -3.03. The Morgan fingerprint density at radius 1 is 1.03 bits per heavy atom. The van der Waals surface area contributed by atoms with E-state index in [1.54, 1.807) is 0 Å². The Morgan fingerprint density at radius 3 is 2.65 bits per heavy atom. The molecule has 7 nitrogen and oxygen atoms in total. The minimum Gasteiger partial charge on any atom is -0.366 e. The molecule has 1 saturated heterocycles. The lowest BCUT2D eigenvalue weighted by Gasteiger charge is -2.45. The van der Waals surface area contributed by atoms with Crippen molar-refractivity contribution in [1.29, 1.82) is 0 Å². The van der Waals surface area contributed by atoms with Crippen molar-refractivity contribution in [2.45, 2.75) is 13.0 Å². The molecule has 31 heavy (non-hydrogen) atoms. The van der Waals surface area contributed by atoms with Crippen molar-refractivity contribution in [3.05, 3.63) is 54.6 Å². The number of fused-ring (bicyclic) bond motifs is 2. The van der Waals surface area contributed by atoms with Gasteiger partial charge in [0.15, 0.2) is 5.65 Å². The number of likely N-dealkylation sites (N-methyl/N-ethyl adjacent to an activating group) is 2. The highest BCUT2D eigenvalue weighted by Gasteiger charge is 2.30. The molecule has 0 unspecified atom stereocenters. The first-order valence-corrected chi connectivity index (χ1v) is 10.8. The summed E-state index contributed by atoms with van der Waals surface area (Å²) in [5, 5.41) is 5.75. The highest BCUT2D eigenvalue weighted by Crippen LogP contribution is 2.32. The molecule has 0 spiro atoms. The Bertz CT molecular complexity index is 1220. The standard InChI is InChI=1S/C24H29N7/c1-17-11-21(20-7-5-6-8-23(20)27-17)22-13-26-31-16-18(12-25-24(22)31)30-14-19(15-30)29(4)10-9-28(2)3/h5-8,11-13,16,19H,9-10,14-15H2,1-4H3. The molecule has 7 heteroatoms. The molecule has 0 N–H and O–H groups in total. The van der Waals surface area contributed by atoms with Gasteiger partial charge in [0.25, 0.3) is 0 Å². The summed E-state index contributed by atoms with van der Waals surface area (Å²) in [4.78, 5) is 16.5. The first-order chi connectivity index (χ1) is 15.0. The highest BCUT2D eigenvalue weighted by atomic mass is 15.3. The molecule has 0 amide bonds. The summed E-state index contributed by atoms with van der Waals surface area (Å²) in [7, 11) is 6.46. The van der Waals surface area contributed by atoms with Crippen LogP contribution >= 0.6 is 0 Å². The average Bonchev–Trinajstić information content (AvgIpc) is 3.13. The van der Waals surface area contributed by atoms with Crippen molar-refractivity contribution in [2.75, 3.05) is 52.2 Å². The van der Waals surface area contributed by atoms with E-state index in [1.165, 1.54) is 0 Å². The molecule has 1 aromatic carbocycles. The number of anilines is 1. The van der Waals surface area contributed by atoms with E-state index in [0.29, 0.717) is 6.04 Å². The Balaban J connectivity index is 1.39. The van der Waals surface area contributed by atoms with Crippen molar-refractivity contribution in [3.63, 3.8) is 0 Å². The van der Waals surface area contributed by atoms with Crippen LogP contribution in [-0.4, -0.2) is 82.7 Å². The lowest BCUT2D eigenvalue weighted by atomic mass is 10.0. The van der Waals surface area contributed by atoms with Crippen LogP contribution in [0.1, 0.15) is 5.69 Å².